The Morgan fingerprint density at radius 2 is 1.60 bits per heavy atom. The molecule has 0 saturated carbocycles. The highest BCUT2D eigenvalue weighted by atomic mass is 16.3. The zero-order valence-electron chi connectivity index (χ0n) is 14.8. The van der Waals surface area contributed by atoms with E-state index in [-0.39, 0.29) is 24.0 Å². The summed E-state index contributed by atoms with van der Waals surface area (Å²) in [6.45, 7) is 6.12. The predicted octanol–water partition coefficient (Wildman–Crippen LogP) is 5.19. The molecule has 1 aromatic heterocycles. The zero-order chi connectivity index (χ0) is 17.8. The van der Waals surface area contributed by atoms with E-state index in [2.05, 4.69) is 24.5 Å². The minimum Gasteiger partial charge on any atom is -0.459 e. The molecule has 25 heavy (non-hydrogen) atoms. The predicted molar refractivity (Wildman–Crippen MR) is 100 cm³/mol. The van der Waals surface area contributed by atoms with Crippen LogP contribution in [0.3, 0.4) is 0 Å². The number of benzene rings is 2. The molecule has 130 valence electrons. The van der Waals surface area contributed by atoms with E-state index in [4.69, 9.17) is 4.42 Å². The summed E-state index contributed by atoms with van der Waals surface area (Å²) in [5.41, 5.74) is 1.93. The van der Waals surface area contributed by atoms with Gasteiger partial charge >= 0.3 is 6.03 Å². The van der Waals surface area contributed by atoms with Gasteiger partial charge in [0, 0.05) is 5.39 Å². The van der Waals surface area contributed by atoms with E-state index < -0.39 is 0 Å². The SMILES string of the molecule is CC(C)[C@H](NC(=O)N[C@H](C)c1cc2ccccc2o1)c1ccccc1. The summed E-state index contributed by atoms with van der Waals surface area (Å²) < 4.78 is 5.83. The zero-order valence-corrected chi connectivity index (χ0v) is 14.8. The molecule has 2 atom stereocenters. The highest BCUT2D eigenvalue weighted by molar-refractivity contribution is 5.78. The summed E-state index contributed by atoms with van der Waals surface area (Å²) in [7, 11) is 0. The Balaban J connectivity index is 1.68. The van der Waals surface area contributed by atoms with Crippen molar-refractivity contribution in [2.75, 3.05) is 0 Å². The maximum atomic E-state index is 12.5. The van der Waals surface area contributed by atoms with Gasteiger partial charge in [-0.25, -0.2) is 4.79 Å². The fraction of sp³-hybridized carbons (Fsp3) is 0.286. The lowest BCUT2D eigenvalue weighted by atomic mass is 9.96. The summed E-state index contributed by atoms with van der Waals surface area (Å²) in [6, 6.07) is 19.4. The van der Waals surface area contributed by atoms with Crippen molar-refractivity contribution in [3.63, 3.8) is 0 Å². The second-order valence-electron chi connectivity index (χ2n) is 6.66. The monoisotopic (exact) mass is 336 g/mol. The third kappa shape index (κ3) is 4.02. The van der Waals surface area contributed by atoms with Crippen molar-refractivity contribution in [2.45, 2.75) is 32.9 Å². The van der Waals surface area contributed by atoms with E-state index in [1.54, 1.807) is 0 Å². The summed E-state index contributed by atoms with van der Waals surface area (Å²) in [4.78, 5) is 12.5. The first kappa shape index (κ1) is 17.1. The number of hydrogen-bond donors (Lipinski definition) is 2. The minimum absolute atomic E-state index is 0.0379. The maximum Gasteiger partial charge on any atom is 0.315 e. The fourth-order valence-electron chi connectivity index (χ4n) is 2.96. The Morgan fingerprint density at radius 3 is 2.28 bits per heavy atom. The average molecular weight is 336 g/mol. The molecule has 0 bridgehead atoms. The number of para-hydroxylation sites is 1. The van der Waals surface area contributed by atoms with Crippen molar-refractivity contribution in [2.24, 2.45) is 5.92 Å². The Morgan fingerprint density at radius 1 is 0.920 bits per heavy atom. The van der Waals surface area contributed by atoms with Gasteiger partial charge in [-0.1, -0.05) is 62.4 Å². The number of carbonyl (C=O) groups excluding carboxylic acids is 1. The Labute approximate surface area is 148 Å². The Hall–Kier alpha value is -2.75. The molecule has 0 aliphatic heterocycles. The van der Waals surface area contributed by atoms with Crippen LogP contribution in [0.2, 0.25) is 0 Å². The van der Waals surface area contributed by atoms with Crippen LogP contribution in [0, 0.1) is 5.92 Å². The van der Waals surface area contributed by atoms with E-state index in [0.29, 0.717) is 0 Å². The number of urea groups is 1. The maximum absolute atomic E-state index is 12.5. The first-order valence-corrected chi connectivity index (χ1v) is 8.65. The van der Waals surface area contributed by atoms with Crippen LogP contribution in [-0.4, -0.2) is 6.03 Å². The molecule has 0 unspecified atom stereocenters. The lowest BCUT2D eigenvalue weighted by Gasteiger charge is -2.24. The van der Waals surface area contributed by atoms with Crippen molar-refractivity contribution in [3.8, 4) is 0 Å². The average Bonchev–Trinajstić information content (AvgIpc) is 3.04. The molecule has 0 radical (unpaired) electrons. The van der Waals surface area contributed by atoms with Gasteiger partial charge < -0.3 is 15.1 Å². The number of hydrogen-bond acceptors (Lipinski definition) is 2. The van der Waals surface area contributed by atoms with Crippen molar-refractivity contribution in [1.82, 2.24) is 10.6 Å². The molecule has 2 amide bonds. The molecule has 0 aliphatic carbocycles. The molecular formula is C21H24N2O2. The van der Waals surface area contributed by atoms with Crippen molar-refractivity contribution in [3.05, 3.63) is 72.0 Å². The lowest BCUT2D eigenvalue weighted by molar-refractivity contribution is 0.228. The fourth-order valence-corrected chi connectivity index (χ4v) is 2.96. The van der Waals surface area contributed by atoms with Gasteiger partial charge in [-0.15, -0.1) is 0 Å². The van der Waals surface area contributed by atoms with Crippen molar-refractivity contribution < 1.29 is 9.21 Å². The van der Waals surface area contributed by atoms with Gasteiger partial charge in [0.2, 0.25) is 0 Å². The minimum atomic E-state index is -0.212. The smallest absolute Gasteiger partial charge is 0.315 e. The van der Waals surface area contributed by atoms with Gasteiger partial charge in [0.1, 0.15) is 11.3 Å². The Kier molecular flexibility index (Phi) is 5.08. The number of amides is 2. The van der Waals surface area contributed by atoms with Gasteiger partial charge in [-0.2, -0.15) is 0 Å². The molecule has 0 saturated heterocycles. The van der Waals surface area contributed by atoms with Crippen LogP contribution in [0.4, 0.5) is 4.79 Å². The number of furan rings is 1. The molecule has 4 nitrogen and oxygen atoms in total. The quantitative estimate of drug-likeness (QED) is 0.673. The van der Waals surface area contributed by atoms with Crippen LogP contribution in [0.5, 0.6) is 0 Å². The summed E-state index contributed by atoms with van der Waals surface area (Å²) in [5, 5.41) is 7.08. The highest BCUT2D eigenvalue weighted by Crippen LogP contribution is 2.24. The summed E-state index contributed by atoms with van der Waals surface area (Å²) >= 11 is 0. The van der Waals surface area contributed by atoms with Crippen LogP contribution in [-0.2, 0) is 0 Å². The standard InChI is InChI=1S/C21H24N2O2/c1-14(2)20(16-9-5-4-6-10-16)23-21(24)22-15(3)19-13-17-11-7-8-12-18(17)25-19/h4-15,20H,1-3H3,(H2,22,23,24)/t15-,20+/m1/s1. The van der Waals surface area contributed by atoms with E-state index >= 15 is 0 Å². The lowest BCUT2D eigenvalue weighted by Crippen LogP contribution is -2.40. The van der Waals surface area contributed by atoms with Gasteiger partial charge in [0.25, 0.3) is 0 Å². The molecule has 1 heterocycles. The first-order valence-electron chi connectivity index (χ1n) is 8.65. The molecule has 4 heteroatoms. The second-order valence-corrected chi connectivity index (χ2v) is 6.66. The highest BCUT2D eigenvalue weighted by Gasteiger charge is 2.20. The topological polar surface area (TPSA) is 54.3 Å². The summed E-state index contributed by atoms with van der Waals surface area (Å²) in [6.07, 6.45) is 0. The largest absolute Gasteiger partial charge is 0.459 e. The van der Waals surface area contributed by atoms with Gasteiger partial charge in [-0.05, 0) is 30.5 Å². The van der Waals surface area contributed by atoms with Gasteiger partial charge in [-0.3, -0.25) is 0 Å². The number of fused-ring (bicyclic) bond motifs is 1. The third-order valence-corrected chi connectivity index (χ3v) is 4.33. The van der Waals surface area contributed by atoms with Crippen LogP contribution in [0.25, 0.3) is 11.0 Å². The number of carbonyl (C=O) groups is 1. The molecule has 0 aliphatic rings. The molecule has 3 aromatic rings. The third-order valence-electron chi connectivity index (χ3n) is 4.33. The van der Waals surface area contributed by atoms with Gasteiger partial charge in [0.15, 0.2) is 0 Å². The molecule has 3 rings (SSSR count). The molecule has 2 N–H and O–H groups in total. The van der Waals surface area contributed by atoms with E-state index in [1.165, 1.54) is 0 Å². The Bertz CT molecular complexity index is 806. The van der Waals surface area contributed by atoms with Crippen LogP contribution in [0.1, 0.15) is 44.2 Å². The summed E-state index contributed by atoms with van der Waals surface area (Å²) in [5.74, 6) is 1.03. The first-order chi connectivity index (χ1) is 12.0. The van der Waals surface area contributed by atoms with Crippen LogP contribution >= 0.6 is 0 Å². The van der Waals surface area contributed by atoms with Crippen molar-refractivity contribution >= 4 is 17.0 Å². The van der Waals surface area contributed by atoms with Crippen molar-refractivity contribution in [1.29, 1.82) is 0 Å². The molecular weight excluding hydrogens is 312 g/mol. The number of rotatable bonds is 5. The number of nitrogens with one attached hydrogen (secondary N) is 2. The normalized spacial score (nSPS) is 13.6. The molecule has 0 spiro atoms. The van der Waals surface area contributed by atoms with Gasteiger partial charge in [0.05, 0.1) is 12.1 Å². The van der Waals surface area contributed by atoms with Crippen LogP contribution < -0.4 is 10.6 Å². The van der Waals surface area contributed by atoms with E-state index in [1.807, 2.05) is 67.6 Å². The molecule has 0 fully saturated rings. The van der Waals surface area contributed by atoms with Crippen LogP contribution in [0.15, 0.2) is 65.1 Å². The van der Waals surface area contributed by atoms with E-state index in [0.717, 1.165) is 22.3 Å². The molecule has 2 aromatic carbocycles. The second kappa shape index (κ2) is 7.43. The van der Waals surface area contributed by atoms with E-state index in [9.17, 15) is 4.79 Å².